The molecular formula is C14H23N3O4. The summed E-state index contributed by atoms with van der Waals surface area (Å²) in [4.78, 5) is 34.3. The number of aliphatic carboxylic acids is 1. The Morgan fingerprint density at radius 1 is 1.29 bits per heavy atom. The summed E-state index contributed by atoms with van der Waals surface area (Å²) < 4.78 is 0. The Morgan fingerprint density at radius 3 is 2.43 bits per heavy atom. The second-order valence-corrected chi connectivity index (χ2v) is 6.26. The van der Waals surface area contributed by atoms with Crippen LogP contribution in [0.5, 0.6) is 0 Å². The normalized spacial score (nSPS) is 20.8. The van der Waals surface area contributed by atoms with Gasteiger partial charge in [0.15, 0.2) is 0 Å². The number of carbonyl (C=O) groups is 3. The first-order valence-corrected chi connectivity index (χ1v) is 7.47. The smallest absolute Gasteiger partial charge is 0.315 e. The average molecular weight is 297 g/mol. The fourth-order valence-electron chi connectivity index (χ4n) is 2.55. The Kier molecular flexibility index (Phi) is 4.69. The van der Waals surface area contributed by atoms with Gasteiger partial charge in [-0.2, -0.15) is 0 Å². The van der Waals surface area contributed by atoms with Crippen LogP contribution in [0, 0.1) is 5.41 Å². The van der Waals surface area contributed by atoms with Crippen LogP contribution < -0.4 is 16.0 Å². The van der Waals surface area contributed by atoms with Crippen LogP contribution in [0.1, 0.15) is 45.4 Å². The third-order valence-corrected chi connectivity index (χ3v) is 4.23. The van der Waals surface area contributed by atoms with Crippen molar-refractivity contribution in [1.82, 2.24) is 16.0 Å². The Morgan fingerprint density at radius 2 is 1.95 bits per heavy atom. The number of hydrogen-bond acceptors (Lipinski definition) is 3. The largest absolute Gasteiger partial charge is 0.481 e. The van der Waals surface area contributed by atoms with E-state index in [-0.39, 0.29) is 23.8 Å². The van der Waals surface area contributed by atoms with Gasteiger partial charge in [0.05, 0.1) is 6.42 Å². The predicted molar refractivity (Wildman–Crippen MR) is 75.7 cm³/mol. The number of rotatable bonds is 7. The van der Waals surface area contributed by atoms with E-state index >= 15 is 0 Å². The van der Waals surface area contributed by atoms with Crippen LogP contribution >= 0.6 is 0 Å². The van der Waals surface area contributed by atoms with Gasteiger partial charge in [-0.05, 0) is 38.0 Å². The minimum absolute atomic E-state index is 0.0744. The summed E-state index contributed by atoms with van der Waals surface area (Å²) in [5.74, 6) is -1.02. The van der Waals surface area contributed by atoms with Crippen LogP contribution in [0.15, 0.2) is 0 Å². The van der Waals surface area contributed by atoms with Gasteiger partial charge < -0.3 is 21.1 Å². The fraction of sp³-hybridized carbons (Fsp3) is 0.786. The minimum Gasteiger partial charge on any atom is -0.481 e. The second kappa shape index (κ2) is 6.32. The number of hydrogen-bond donors (Lipinski definition) is 4. The molecule has 7 heteroatoms. The maximum atomic E-state index is 11.8. The zero-order chi connectivity index (χ0) is 15.5. The van der Waals surface area contributed by atoms with Crippen LogP contribution in [0.25, 0.3) is 0 Å². The molecule has 118 valence electrons. The Hall–Kier alpha value is -1.79. The summed E-state index contributed by atoms with van der Waals surface area (Å²) >= 11 is 0. The van der Waals surface area contributed by atoms with Crippen molar-refractivity contribution in [2.45, 2.75) is 57.5 Å². The van der Waals surface area contributed by atoms with Crippen molar-refractivity contribution < 1.29 is 19.5 Å². The molecule has 2 fully saturated rings. The van der Waals surface area contributed by atoms with Crippen molar-refractivity contribution in [2.24, 2.45) is 5.41 Å². The number of carboxylic acid groups (broad SMARTS) is 1. The lowest BCUT2D eigenvalue weighted by atomic mass is 9.66. The molecule has 2 aliphatic carbocycles. The number of carbonyl (C=O) groups excluding carboxylic acids is 2. The van der Waals surface area contributed by atoms with Gasteiger partial charge in [-0.25, -0.2) is 4.79 Å². The summed E-state index contributed by atoms with van der Waals surface area (Å²) in [5.41, 5.74) is -0.317. The van der Waals surface area contributed by atoms with Crippen LogP contribution in [0.4, 0.5) is 4.79 Å². The van der Waals surface area contributed by atoms with Crippen molar-refractivity contribution in [1.29, 1.82) is 0 Å². The van der Waals surface area contributed by atoms with Gasteiger partial charge in [-0.1, -0.05) is 6.42 Å². The highest BCUT2D eigenvalue weighted by Crippen LogP contribution is 2.43. The second-order valence-electron chi connectivity index (χ2n) is 6.26. The van der Waals surface area contributed by atoms with Gasteiger partial charge in [0.1, 0.15) is 6.04 Å². The lowest BCUT2D eigenvalue weighted by molar-refractivity contribution is -0.141. The van der Waals surface area contributed by atoms with Crippen LogP contribution in [-0.2, 0) is 9.59 Å². The van der Waals surface area contributed by atoms with Crippen LogP contribution in [0.3, 0.4) is 0 Å². The van der Waals surface area contributed by atoms with Crippen molar-refractivity contribution in [2.75, 3.05) is 6.54 Å². The lowest BCUT2D eigenvalue weighted by Crippen LogP contribution is -2.51. The van der Waals surface area contributed by atoms with Gasteiger partial charge in [0, 0.05) is 12.6 Å². The maximum Gasteiger partial charge on any atom is 0.315 e. The summed E-state index contributed by atoms with van der Waals surface area (Å²) in [6.45, 7) is 1.97. The Balaban J connectivity index is 1.70. The Labute approximate surface area is 123 Å². The zero-order valence-corrected chi connectivity index (χ0v) is 12.3. The van der Waals surface area contributed by atoms with Crippen molar-refractivity contribution in [3.05, 3.63) is 0 Å². The fourth-order valence-corrected chi connectivity index (χ4v) is 2.55. The number of nitrogens with one attached hydrogen (secondary N) is 3. The number of amides is 3. The van der Waals surface area contributed by atoms with E-state index in [1.165, 1.54) is 0 Å². The highest BCUT2D eigenvalue weighted by Gasteiger charge is 2.39. The van der Waals surface area contributed by atoms with Crippen LogP contribution in [-0.4, -0.2) is 41.6 Å². The van der Waals surface area contributed by atoms with E-state index in [9.17, 15) is 14.4 Å². The molecule has 0 bridgehead atoms. The number of carboxylic acids is 1. The molecule has 0 aromatic carbocycles. The summed E-state index contributed by atoms with van der Waals surface area (Å²) in [5, 5.41) is 17.0. The SMILES string of the molecule is CC(NC(=O)NCC1(CC(=O)O)CCC1)C(=O)NC1CC1. The van der Waals surface area contributed by atoms with Gasteiger partial charge in [-0.15, -0.1) is 0 Å². The first-order valence-electron chi connectivity index (χ1n) is 7.47. The summed E-state index contributed by atoms with van der Waals surface area (Å²) in [6, 6.07) is -0.758. The molecule has 0 aliphatic heterocycles. The monoisotopic (exact) mass is 297 g/mol. The van der Waals surface area contributed by atoms with Gasteiger partial charge in [0.2, 0.25) is 5.91 Å². The van der Waals surface area contributed by atoms with E-state index in [4.69, 9.17) is 5.11 Å². The molecule has 7 nitrogen and oxygen atoms in total. The zero-order valence-electron chi connectivity index (χ0n) is 12.3. The third-order valence-electron chi connectivity index (χ3n) is 4.23. The molecule has 3 amide bonds. The molecule has 1 atom stereocenters. The summed E-state index contributed by atoms with van der Waals surface area (Å²) in [7, 11) is 0. The van der Waals surface area contributed by atoms with Gasteiger partial charge in [0.25, 0.3) is 0 Å². The molecule has 0 saturated heterocycles. The quantitative estimate of drug-likeness (QED) is 0.552. The first-order chi connectivity index (χ1) is 9.90. The molecule has 2 aliphatic rings. The van der Waals surface area contributed by atoms with Crippen molar-refractivity contribution >= 4 is 17.9 Å². The van der Waals surface area contributed by atoms with E-state index < -0.39 is 18.0 Å². The third kappa shape index (κ3) is 4.61. The van der Waals surface area contributed by atoms with E-state index in [0.717, 1.165) is 32.1 Å². The highest BCUT2D eigenvalue weighted by atomic mass is 16.4. The topological polar surface area (TPSA) is 108 Å². The molecule has 0 heterocycles. The molecule has 2 rings (SSSR count). The molecule has 0 aromatic rings. The van der Waals surface area contributed by atoms with Crippen molar-refractivity contribution in [3.8, 4) is 0 Å². The number of urea groups is 1. The Bertz CT molecular complexity index is 430. The van der Waals surface area contributed by atoms with Crippen LogP contribution in [0.2, 0.25) is 0 Å². The van der Waals surface area contributed by atoms with Gasteiger partial charge >= 0.3 is 12.0 Å². The van der Waals surface area contributed by atoms with E-state index in [1.54, 1.807) is 6.92 Å². The predicted octanol–water partition coefficient (Wildman–Crippen LogP) is 0.598. The molecule has 1 unspecified atom stereocenters. The molecule has 4 N–H and O–H groups in total. The molecule has 0 spiro atoms. The lowest BCUT2D eigenvalue weighted by Gasteiger charge is -2.40. The molecule has 0 radical (unpaired) electrons. The average Bonchev–Trinajstić information content (AvgIpc) is 3.15. The highest BCUT2D eigenvalue weighted by molar-refractivity contribution is 5.87. The standard InChI is InChI=1S/C14H23N3O4/c1-9(12(20)17-10-3-4-10)16-13(21)15-8-14(5-2-6-14)7-11(18)19/h9-10H,2-8H2,1H3,(H,17,20)(H,18,19)(H2,15,16,21). The van der Waals surface area contributed by atoms with Gasteiger partial charge in [-0.3, -0.25) is 9.59 Å². The van der Waals surface area contributed by atoms with Crippen molar-refractivity contribution in [3.63, 3.8) is 0 Å². The van der Waals surface area contributed by atoms with E-state index in [0.29, 0.717) is 6.54 Å². The summed E-state index contributed by atoms with van der Waals surface area (Å²) in [6.07, 6.45) is 4.71. The molecule has 0 aromatic heterocycles. The first kappa shape index (κ1) is 15.6. The molecule has 21 heavy (non-hydrogen) atoms. The molecule has 2 saturated carbocycles. The maximum absolute atomic E-state index is 11.8. The minimum atomic E-state index is -0.839. The molecular weight excluding hydrogens is 274 g/mol. The van der Waals surface area contributed by atoms with E-state index in [2.05, 4.69) is 16.0 Å². The van der Waals surface area contributed by atoms with E-state index in [1.807, 2.05) is 0 Å².